The Kier molecular flexibility index (Phi) is 6.44. The molecule has 0 radical (unpaired) electrons. The molecule has 4 unspecified atom stereocenters. The molecule has 0 aromatic heterocycles. The van der Waals surface area contributed by atoms with Crippen molar-refractivity contribution in [3.63, 3.8) is 0 Å². The monoisotopic (exact) mass is 376 g/mol. The molecule has 0 amide bonds. The van der Waals surface area contributed by atoms with Gasteiger partial charge < -0.3 is 0 Å². The predicted molar refractivity (Wildman–Crippen MR) is 121 cm³/mol. The van der Waals surface area contributed by atoms with Crippen LogP contribution in [0.5, 0.6) is 0 Å². The standard InChI is InChI=1S/C15H18.C13H22/c1-2-4-13(5-3-1)6-9-15-10-7-14(12-15)8-11-15;1-2-3-4-5-8-13-9-6-12(11-13)7-10-13/h1-5,7,10,14H,6,8-9,11-12H2;6,9,12H,2-5,7-8,10-11H2,1H3. The fourth-order valence-corrected chi connectivity index (χ4v) is 6.27. The third-order valence-electron chi connectivity index (χ3n) is 8.09. The molecule has 0 heteroatoms. The van der Waals surface area contributed by atoms with Crippen molar-refractivity contribution in [1.29, 1.82) is 0 Å². The highest BCUT2D eigenvalue weighted by atomic mass is 14.4. The van der Waals surface area contributed by atoms with Crippen molar-refractivity contribution in [3.8, 4) is 0 Å². The first-order chi connectivity index (χ1) is 13.7. The highest BCUT2D eigenvalue weighted by molar-refractivity contribution is 5.19. The molecule has 0 aliphatic heterocycles. The van der Waals surface area contributed by atoms with Crippen molar-refractivity contribution in [1.82, 2.24) is 0 Å². The van der Waals surface area contributed by atoms with E-state index in [1.54, 1.807) is 0 Å². The maximum absolute atomic E-state index is 2.53. The van der Waals surface area contributed by atoms with Gasteiger partial charge in [0.1, 0.15) is 0 Å². The van der Waals surface area contributed by atoms with E-state index in [2.05, 4.69) is 61.6 Å². The number of fused-ring (bicyclic) bond motifs is 4. The van der Waals surface area contributed by atoms with Crippen LogP contribution in [0.2, 0.25) is 0 Å². The molecule has 4 aliphatic carbocycles. The molecule has 0 saturated heterocycles. The molecular formula is C28H40. The third-order valence-corrected chi connectivity index (χ3v) is 8.09. The molecule has 0 spiro atoms. The summed E-state index contributed by atoms with van der Waals surface area (Å²) in [7, 11) is 0. The molecular weight excluding hydrogens is 336 g/mol. The van der Waals surface area contributed by atoms with Gasteiger partial charge in [0.15, 0.2) is 0 Å². The van der Waals surface area contributed by atoms with E-state index in [9.17, 15) is 0 Å². The van der Waals surface area contributed by atoms with E-state index in [1.807, 2.05) is 0 Å². The second-order valence-corrected chi connectivity index (χ2v) is 10.2. The summed E-state index contributed by atoms with van der Waals surface area (Å²) in [6.07, 6.45) is 28.5. The van der Waals surface area contributed by atoms with Crippen LogP contribution in [0.4, 0.5) is 0 Å². The predicted octanol–water partition coefficient (Wildman–Crippen LogP) is 8.29. The van der Waals surface area contributed by atoms with Crippen LogP contribution in [-0.2, 0) is 6.42 Å². The van der Waals surface area contributed by atoms with E-state index in [0.29, 0.717) is 10.8 Å². The number of rotatable bonds is 8. The average Bonchev–Trinajstić information content (AvgIpc) is 3.52. The maximum atomic E-state index is 2.53. The molecule has 2 fully saturated rings. The minimum Gasteiger partial charge on any atom is -0.0848 e. The summed E-state index contributed by atoms with van der Waals surface area (Å²) in [4.78, 5) is 0. The Hall–Kier alpha value is -1.30. The molecule has 28 heavy (non-hydrogen) atoms. The summed E-state index contributed by atoms with van der Waals surface area (Å²) >= 11 is 0. The van der Waals surface area contributed by atoms with Crippen molar-refractivity contribution in [2.24, 2.45) is 22.7 Å². The fourth-order valence-electron chi connectivity index (χ4n) is 6.27. The molecule has 4 aliphatic rings. The molecule has 0 heterocycles. The van der Waals surface area contributed by atoms with Gasteiger partial charge in [-0.1, -0.05) is 87.2 Å². The van der Waals surface area contributed by atoms with Crippen LogP contribution in [0.1, 0.15) is 89.5 Å². The van der Waals surface area contributed by atoms with E-state index in [4.69, 9.17) is 0 Å². The second-order valence-electron chi connectivity index (χ2n) is 10.2. The van der Waals surface area contributed by atoms with Crippen molar-refractivity contribution in [3.05, 3.63) is 60.2 Å². The third kappa shape index (κ3) is 4.81. The van der Waals surface area contributed by atoms with Gasteiger partial charge in [-0.25, -0.2) is 0 Å². The van der Waals surface area contributed by atoms with Crippen LogP contribution in [0.25, 0.3) is 0 Å². The zero-order valence-electron chi connectivity index (χ0n) is 18.0. The smallest absolute Gasteiger partial charge is 0.0109 e. The second kappa shape index (κ2) is 9.02. The lowest BCUT2D eigenvalue weighted by atomic mass is 9.82. The van der Waals surface area contributed by atoms with Crippen LogP contribution in [0.3, 0.4) is 0 Å². The van der Waals surface area contributed by atoms with Crippen molar-refractivity contribution in [2.45, 2.75) is 90.4 Å². The Balaban J connectivity index is 0.000000139. The minimum absolute atomic E-state index is 0.584. The highest BCUT2D eigenvalue weighted by Crippen LogP contribution is 2.52. The highest BCUT2D eigenvalue weighted by Gasteiger charge is 2.40. The van der Waals surface area contributed by atoms with Crippen LogP contribution >= 0.6 is 0 Å². The lowest BCUT2D eigenvalue weighted by Gasteiger charge is -2.23. The van der Waals surface area contributed by atoms with Gasteiger partial charge in [-0.15, -0.1) is 0 Å². The van der Waals surface area contributed by atoms with Gasteiger partial charge in [-0.3, -0.25) is 0 Å². The molecule has 4 atom stereocenters. The number of unbranched alkanes of at least 4 members (excludes halogenated alkanes) is 3. The first kappa shape index (κ1) is 20.0. The minimum atomic E-state index is 0.584. The Bertz CT molecular complexity index is 669. The lowest BCUT2D eigenvalue weighted by Crippen LogP contribution is -2.12. The summed E-state index contributed by atoms with van der Waals surface area (Å²) in [5.74, 6) is 1.88. The normalized spacial score (nSPS) is 34.0. The lowest BCUT2D eigenvalue weighted by molar-refractivity contribution is 0.351. The average molecular weight is 377 g/mol. The van der Waals surface area contributed by atoms with Crippen molar-refractivity contribution < 1.29 is 0 Å². The Labute approximate surface area is 173 Å². The van der Waals surface area contributed by atoms with Crippen LogP contribution in [-0.4, -0.2) is 0 Å². The molecule has 1 aromatic carbocycles. The quantitative estimate of drug-likeness (QED) is 0.316. The molecule has 152 valence electrons. The summed E-state index contributed by atoms with van der Waals surface area (Å²) in [5, 5.41) is 0. The van der Waals surface area contributed by atoms with E-state index >= 15 is 0 Å². The molecule has 0 nitrogen and oxygen atoms in total. The number of allylic oxidation sites excluding steroid dienone is 4. The van der Waals surface area contributed by atoms with Gasteiger partial charge in [0, 0.05) is 0 Å². The zero-order chi connectivity index (χ0) is 19.3. The molecule has 2 saturated carbocycles. The number of aryl methyl sites for hydroxylation is 1. The van der Waals surface area contributed by atoms with Gasteiger partial charge in [0.25, 0.3) is 0 Å². The molecule has 4 bridgehead atoms. The topological polar surface area (TPSA) is 0 Å². The van der Waals surface area contributed by atoms with Gasteiger partial charge in [0.2, 0.25) is 0 Å². The van der Waals surface area contributed by atoms with Crippen LogP contribution in [0, 0.1) is 22.7 Å². The number of benzene rings is 1. The fraction of sp³-hybridized carbons (Fsp3) is 0.643. The van der Waals surface area contributed by atoms with E-state index < -0.39 is 0 Å². The molecule has 0 N–H and O–H groups in total. The Morgan fingerprint density at radius 2 is 1.43 bits per heavy atom. The van der Waals surface area contributed by atoms with Gasteiger partial charge in [0.05, 0.1) is 0 Å². The van der Waals surface area contributed by atoms with Crippen molar-refractivity contribution >= 4 is 0 Å². The van der Waals surface area contributed by atoms with Crippen LogP contribution in [0.15, 0.2) is 54.6 Å². The van der Waals surface area contributed by atoms with Gasteiger partial charge >= 0.3 is 0 Å². The molecule has 1 aromatic rings. The van der Waals surface area contributed by atoms with Crippen molar-refractivity contribution in [2.75, 3.05) is 0 Å². The zero-order valence-corrected chi connectivity index (χ0v) is 18.0. The Morgan fingerprint density at radius 1 is 0.786 bits per heavy atom. The number of hydrogen-bond acceptors (Lipinski definition) is 0. The molecule has 5 rings (SSSR count). The largest absolute Gasteiger partial charge is 0.0848 e. The van der Waals surface area contributed by atoms with E-state index in [-0.39, 0.29) is 0 Å². The summed E-state index contributed by atoms with van der Waals surface area (Å²) in [5.41, 5.74) is 2.76. The summed E-state index contributed by atoms with van der Waals surface area (Å²) in [6, 6.07) is 10.9. The van der Waals surface area contributed by atoms with Gasteiger partial charge in [-0.05, 0) is 86.0 Å². The van der Waals surface area contributed by atoms with Gasteiger partial charge in [-0.2, -0.15) is 0 Å². The van der Waals surface area contributed by atoms with E-state index in [1.165, 1.54) is 89.0 Å². The maximum Gasteiger partial charge on any atom is -0.0109 e. The van der Waals surface area contributed by atoms with Crippen LogP contribution < -0.4 is 0 Å². The first-order valence-electron chi connectivity index (χ1n) is 12.1. The SMILES string of the molecule is C1=CC2(CCc3ccccc3)CCC1C2.CCCCCCC12C=CC(CC1)C2. The van der Waals surface area contributed by atoms with E-state index in [0.717, 1.165) is 11.8 Å². The Morgan fingerprint density at radius 3 is 1.93 bits per heavy atom. The summed E-state index contributed by atoms with van der Waals surface area (Å²) in [6.45, 7) is 2.29. The first-order valence-corrected chi connectivity index (χ1v) is 12.1. The summed E-state index contributed by atoms with van der Waals surface area (Å²) < 4.78 is 0. The number of hydrogen-bond donors (Lipinski definition) is 0.